The molecule has 0 spiro atoms. The molecule has 0 aliphatic heterocycles. The van der Waals surface area contributed by atoms with Gasteiger partial charge in [0.15, 0.2) is 6.10 Å². The number of hydrogen-bond donors (Lipinski definition) is 0. The Kier molecular flexibility index (Phi) is 4.25. The summed E-state index contributed by atoms with van der Waals surface area (Å²) in [6.45, 7) is 1.62. The Bertz CT molecular complexity index is 603. The first-order valence-corrected chi connectivity index (χ1v) is 6.12. The number of carbonyl (C=O) groups is 2. The van der Waals surface area contributed by atoms with Gasteiger partial charge in [-0.1, -0.05) is 0 Å². The van der Waals surface area contributed by atoms with E-state index in [9.17, 15) is 14.0 Å². The van der Waals surface area contributed by atoms with Crippen LogP contribution in [0.3, 0.4) is 0 Å². The fourth-order valence-corrected chi connectivity index (χ4v) is 1.73. The minimum absolute atomic E-state index is 0.232. The predicted octanol–water partition coefficient (Wildman–Crippen LogP) is 3.29. The van der Waals surface area contributed by atoms with E-state index in [1.54, 1.807) is 31.2 Å². The van der Waals surface area contributed by atoms with Crippen molar-refractivity contribution in [2.45, 2.75) is 13.0 Å². The number of hydrogen-bond acceptors (Lipinski definition) is 3. The number of rotatable bonds is 5. The Balaban J connectivity index is 2.06. The summed E-state index contributed by atoms with van der Waals surface area (Å²) in [7, 11) is 0. The van der Waals surface area contributed by atoms with Gasteiger partial charge in [-0.25, -0.2) is 4.39 Å². The Morgan fingerprint density at radius 3 is 2.25 bits per heavy atom. The van der Waals surface area contributed by atoms with Crippen LogP contribution in [0.5, 0.6) is 5.75 Å². The summed E-state index contributed by atoms with van der Waals surface area (Å²) >= 11 is 0. The molecule has 102 valence electrons. The highest BCUT2D eigenvalue weighted by atomic mass is 19.1. The van der Waals surface area contributed by atoms with Crippen molar-refractivity contribution in [3.63, 3.8) is 0 Å². The van der Waals surface area contributed by atoms with Gasteiger partial charge in [-0.15, -0.1) is 0 Å². The molecular formula is C16H13FO3. The second-order valence-electron chi connectivity index (χ2n) is 4.32. The second kappa shape index (κ2) is 6.10. The van der Waals surface area contributed by atoms with E-state index in [1.165, 1.54) is 24.3 Å². The van der Waals surface area contributed by atoms with Crippen LogP contribution in [0.25, 0.3) is 0 Å². The first-order valence-electron chi connectivity index (χ1n) is 6.12. The Hall–Kier alpha value is -2.49. The van der Waals surface area contributed by atoms with E-state index >= 15 is 0 Å². The molecule has 0 radical (unpaired) electrons. The van der Waals surface area contributed by atoms with Gasteiger partial charge in [0.2, 0.25) is 5.78 Å². The Morgan fingerprint density at radius 1 is 1.10 bits per heavy atom. The van der Waals surface area contributed by atoms with Crippen LogP contribution in [0.1, 0.15) is 27.6 Å². The lowest BCUT2D eigenvalue weighted by molar-refractivity contribution is 0.0818. The summed E-state index contributed by atoms with van der Waals surface area (Å²) in [5.74, 6) is -0.123. The first kappa shape index (κ1) is 13.9. The maximum absolute atomic E-state index is 12.8. The maximum atomic E-state index is 12.8. The third-order valence-corrected chi connectivity index (χ3v) is 2.83. The number of benzene rings is 2. The molecule has 0 amide bonds. The van der Waals surface area contributed by atoms with Gasteiger partial charge in [-0.3, -0.25) is 9.59 Å². The van der Waals surface area contributed by atoms with E-state index < -0.39 is 6.10 Å². The van der Waals surface area contributed by atoms with Crippen LogP contribution >= 0.6 is 0 Å². The van der Waals surface area contributed by atoms with Gasteiger partial charge in [0.25, 0.3) is 0 Å². The predicted molar refractivity (Wildman–Crippen MR) is 72.7 cm³/mol. The number of aldehydes is 1. The molecular weight excluding hydrogens is 259 g/mol. The van der Waals surface area contributed by atoms with Gasteiger partial charge in [0.05, 0.1) is 0 Å². The van der Waals surface area contributed by atoms with E-state index in [-0.39, 0.29) is 11.6 Å². The molecule has 20 heavy (non-hydrogen) atoms. The molecule has 0 heterocycles. The van der Waals surface area contributed by atoms with Crippen LogP contribution < -0.4 is 4.74 Å². The fraction of sp³-hybridized carbons (Fsp3) is 0.125. The Labute approximate surface area is 116 Å². The third-order valence-electron chi connectivity index (χ3n) is 2.83. The van der Waals surface area contributed by atoms with Crippen molar-refractivity contribution in [2.75, 3.05) is 0 Å². The minimum atomic E-state index is -0.692. The second-order valence-corrected chi connectivity index (χ2v) is 4.32. The largest absolute Gasteiger partial charge is 0.483 e. The van der Waals surface area contributed by atoms with Gasteiger partial charge in [-0.2, -0.15) is 0 Å². The molecule has 4 heteroatoms. The van der Waals surface area contributed by atoms with Crippen molar-refractivity contribution in [1.82, 2.24) is 0 Å². The maximum Gasteiger partial charge on any atom is 0.202 e. The number of halogens is 1. The number of Topliss-reactive ketones (excluding diaryl/α,β-unsaturated/α-hetero) is 1. The molecule has 0 fully saturated rings. The molecule has 1 atom stereocenters. The van der Waals surface area contributed by atoms with E-state index in [2.05, 4.69) is 0 Å². The third kappa shape index (κ3) is 3.29. The fourth-order valence-electron chi connectivity index (χ4n) is 1.73. The summed E-state index contributed by atoms with van der Waals surface area (Å²) in [6.07, 6.45) is 0.0409. The first-order chi connectivity index (χ1) is 9.60. The van der Waals surface area contributed by atoms with Crippen LogP contribution in [0.15, 0.2) is 48.5 Å². The van der Waals surface area contributed by atoms with Crippen molar-refractivity contribution in [3.8, 4) is 5.75 Å². The van der Waals surface area contributed by atoms with Crippen molar-refractivity contribution in [2.24, 2.45) is 0 Å². The smallest absolute Gasteiger partial charge is 0.202 e. The zero-order valence-electron chi connectivity index (χ0n) is 10.9. The molecule has 0 saturated heterocycles. The highest BCUT2D eigenvalue weighted by Gasteiger charge is 2.16. The minimum Gasteiger partial charge on any atom is -0.483 e. The number of ether oxygens (including phenoxy) is 1. The topological polar surface area (TPSA) is 43.4 Å². The number of carbonyl (C=O) groups excluding carboxylic acids is 2. The van der Waals surface area contributed by atoms with Gasteiger partial charge in [0, 0.05) is 11.1 Å². The molecule has 0 aliphatic carbocycles. The van der Waals surface area contributed by atoms with E-state index in [0.717, 1.165) is 6.29 Å². The molecule has 0 N–H and O–H groups in total. The monoisotopic (exact) mass is 272 g/mol. The van der Waals surface area contributed by atoms with Crippen LogP contribution in [-0.4, -0.2) is 18.2 Å². The van der Waals surface area contributed by atoms with Crippen molar-refractivity contribution in [1.29, 1.82) is 0 Å². The zero-order valence-corrected chi connectivity index (χ0v) is 10.9. The average Bonchev–Trinajstić information content (AvgIpc) is 2.48. The van der Waals surface area contributed by atoms with E-state index in [4.69, 9.17) is 4.74 Å². The normalized spacial score (nSPS) is 11.7. The highest BCUT2D eigenvalue weighted by Crippen LogP contribution is 2.15. The molecule has 2 aromatic carbocycles. The molecule has 0 saturated carbocycles. The summed E-state index contributed by atoms with van der Waals surface area (Å²) in [5.41, 5.74) is 0.929. The standard InChI is InChI=1S/C16H13FO3/c1-11(16(19)13-4-6-14(17)7-5-13)20-15-8-2-12(10-18)3-9-15/h2-11H,1H3. The number of ketones is 1. The summed E-state index contributed by atoms with van der Waals surface area (Å²) in [6, 6.07) is 11.8. The lowest BCUT2D eigenvalue weighted by Crippen LogP contribution is -2.23. The zero-order chi connectivity index (χ0) is 14.5. The molecule has 2 rings (SSSR count). The van der Waals surface area contributed by atoms with Crippen molar-refractivity contribution >= 4 is 12.1 Å². The summed E-state index contributed by atoms with van der Waals surface area (Å²) in [4.78, 5) is 22.6. The van der Waals surface area contributed by atoms with E-state index in [0.29, 0.717) is 16.9 Å². The van der Waals surface area contributed by atoms with Gasteiger partial charge >= 0.3 is 0 Å². The summed E-state index contributed by atoms with van der Waals surface area (Å²) in [5, 5.41) is 0. The van der Waals surface area contributed by atoms with E-state index in [1.807, 2.05) is 0 Å². The SMILES string of the molecule is CC(Oc1ccc(C=O)cc1)C(=O)c1ccc(F)cc1. The lowest BCUT2D eigenvalue weighted by Gasteiger charge is -2.13. The van der Waals surface area contributed by atoms with Crippen LogP contribution in [0, 0.1) is 5.82 Å². The highest BCUT2D eigenvalue weighted by molar-refractivity contribution is 5.99. The van der Waals surface area contributed by atoms with Gasteiger partial charge in [-0.05, 0) is 55.5 Å². The average molecular weight is 272 g/mol. The Morgan fingerprint density at radius 2 is 1.70 bits per heavy atom. The molecule has 0 aromatic heterocycles. The quantitative estimate of drug-likeness (QED) is 0.619. The molecule has 0 bridgehead atoms. The van der Waals surface area contributed by atoms with Crippen molar-refractivity contribution < 1.29 is 18.7 Å². The van der Waals surface area contributed by atoms with Crippen LogP contribution in [0.4, 0.5) is 4.39 Å². The molecule has 2 aromatic rings. The molecule has 1 unspecified atom stereocenters. The molecule has 0 aliphatic rings. The van der Waals surface area contributed by atoms with Crippen LogP contribution in [-0.2, 0) is 0 Å². The van der Waals surface area contributed by atoms with Crippen LogP contribution in [0.2, 0.25) is 0 Å². The lowest BCUT2D eigenvalue weighted by atomic mass is 10.1. The summed E-state index contributed by atoms with van der Waals surface area (Å²) < 4.78 is 18.3. The van der Waals surface area contributed by atoms with Gasteiger partial charge < -0.3 is 4.74 Å². The van der Waals surface area contributed by atoms with Gasteiger partial charge in [0.1, 0.15) is 17.9 Å². The van der Waals surface area contributed by atoms with Crippen molar-refractivity contribution in [3.05, 3.63) is 65.5 Å². The molecule has 3 nitrogen and oxygen atoms in total.